The lowest BCUT2D eigenvalue weighted by Crippen LogP contribution is -2.37. The monoisotopic (exact) mass is 425 g/mol. The van der Waals surface area contributed by atoms with Crippen LogP contribution >= 0.6 is 11.6 Å². The minimum Gasteiger partial charge on any atom is -0.379 e. The van der Waals surface area contributed by atoms with E-state index in [1.807, 2.05) is 6.07 Å². The Morgan fingerprint density at radius 2 is 1.90 bits per heavy atom. The van der Waals surface area contributed by atoms with E-state index in [1.54, 1.807) is 0 Å². The fraction of sp³-hybridized carbons (Fsp3) is 0.478. The van der Waals surface area contributed by atoms with Crippen LogP contribution in [0.25, 0.3) is 0 Å². The van der Waals surface area contributed by atoms with E-state index in [2.05, 4.69) is 50.4 Å². The largest absolute Gasteiger partial charge is 0.379 e. The lowest BCUT2D eigenvalue weighted by molar-refractivity contribution is 0.0378. The Kier molecular flexibility index (Phi) is 7.19. The molecule has 1 aromatic carbocycles. The standard InChI is InChI=1S/C23H28ClN5O/c24-22-20(15-25)21-17-29(16-18-5-2-1-3-6-18)10-7-19(21)23(27-22)26-8-4-9-28-11-13-30-14-12-28/h1-3,5-6H,4,7-14,16-17H2,(H,26,27). The molecule has 3 heterocycles. The van der Waals surface area contributed by atoms with Gasteiger partial charge in [0.2, 0.25) is 0 Å². The van der Waals surface area contributed by atoms with Crippen molar-refractivity contribution in [3.63, 3.8) is 0 Å². The predicted octanol–water partition coefficient (Wildman–Crippen LogP) is 3.30. The Morgan fingerprint density at radius 1 is 1.10 bits per heavy atom. The topological polar surface area (TPSA) is 64.4 Å². The van der Waals surface area contributed by atoms with Crippen molar-refractivity contribution in [2.45, 2.75) is 25.9 Å². The van der Waals surface area contributed by atoms with Gasteiger partial charge in [-0.3, -0.25) is 9.80 Å². The number of benzene rings is 1. The number of morpholine rings is 1. The lowest BCUT2D eigenvalue weighted by atomic mass is 9.96. The SMILES string of the molecule is N#Cc1c(Cl)nc(NCCCN2CCOCC2)c2c1CN(Cc1ccccc1)CC2. The second kappa shape index (κ2) is 10.2. The molecular formula is C23H28ClN5O. The van der Waals surface area contributed by atoms with E-state index in [4.69, 9.17) is 16.3 Å². The number of hydrogen-bond acceptors (Lipinski definition) is 6. The van der Waals surface area contributed by atoms with Gasteiger partial charge in [-0.2, -0.15) is 5.26 Å². The maximum Gasteiger partial charge on any atom is 0.149 e. The molecule has 1 N–H and O–H groups in total. The van der Waals surface area contributed by atoms with Crippen LogP contribution in [0.2, 0.25) is 5.15 Å². The highest BCUT2D eigenvalue weighted by atomic mass is 35.5. The Labute approximate surface area is 183 Å². The van der Waals surface area contributed by atoms with Crippen molar-refractivity contribution in [2.75, 3.05) is 51.3 Å². The quantitative estimate of drug-likeness (QED) is 0.542. The van der Waals surface area contributed by atoms with Crippen molar-refractivity contribution in [1.29, 1.82) is 5.26 Å². The summed E-state index contributed by atoms with van der Waals surface area (Å²) < 4.78 is 5.41. The zero-order chi connectivity index (χ0) is 20.8. The molecule has 30 heavy (non-hydrogen) atoms. The lowest BCUT2D eigenvalue weighted by Gasteiger charge is -2.31. The summed E-state index contributed by atoms with van der Waals surface area (Å²) >= 11 is 6.39. The molecule has 4 rings (SSSR count). The number of nitriles is 1. The molecule has 6 nitrogen and oxygen atoms in total. The van der Waals surface area contributed by atoms with E-state index in [-0.39, 0.29) is 0 Å². The number of ether oxygens (including phenoxy) is 1. The summed E-state index contributed by atoms with van der Waals surface area (Å²) in [6, 6.07) is 12.7. The zero-order valence-corrected chi connectivity index (χ0v) is 18.0. The molecule has 0 saturated carbocycles. The molecule has 0 bridgehead atoms. The number of rotatable bonds is 7. The summed E-state index contributed by atoms with van der Waals surface area (Å²) in [5.74, 6) is 0.843. The summed E-state index contributed by atoms with van der Waals surface area (Å²) in [5, 5.41) is 13.5. The highest BCUT2D eigenvalue weighted by molar-refractivity contribution is 6.30. The first-order valence-corrected chi connectivity index (χ1v) is 11.0. The maximum atomic E-state index is 9.67. The second-order valence-electron chi connectivity index (χ2n) is 7.88. The molecule has 1 fully saturated rings. The van der Waals surface area contributed by atoms with E-state index in [0.717, 1.165) is 88.8 Å². The van der Waals surface area contributed by atoms with Gasteiger partial charge < -0.3 is 10.1 Å². The number of halogens is 1. The maximum absolute atomic E-state index is 9.67. The first-order valence-electron chi connectivity index (χ1n) is 10.7. The highest BCUT2D eigenvalue weighted by Crippen LogP contribution is 2.32. The Bertz CT molecular complexity index is 893. The van der Waals surface area contributed by atoms with Crippen molar-refractivity contribution < 1.29 is 4.74 Å². The summed E-state index contributed by atoms with van der Waals surface area (Å²) in [6.45, 7) is 8.09. The van der Waals surface area contributed by atoms with Gasteiger partial charge >= 0.3 is 0 Å². The van der Waals surface area contributed by atoms with Crippen LogP contribution in [-0.2, 0) is 24.2 Å². The van der Waals surface area contributed by atoms with E-state index < -0.39 is 0 Å². The summed E-state index contributed by atoms with van der Waals surface area (Å²) in [5.41, 5.74) is 3.96. The molecule has 0 amide bonds. The number of aromatic nitrogens is 1. The fourth-order valence-corrected chi connectivity index (χ4v) is 4.47. The van der Waals surface area contributed by atoms with Gasteiger partial charge in [-0.05, 0) is 30.5 Å². The van der Waals surface area contributed by atoms with Crippen molar-refractivity contribution in [3.8, 4) is 6.07 Å². The molecule has 158 valence electrons. The van der Waals surface area contributed by atoms with E-state index in [9.17, 15) is 5.26 Å². The van der Waals surface area contributed by atoms with Gasteiger partial charge in [0.15, 0.2) is 0 Å². The third-order valence-corrected chi connectivity index (χ3v) is 6.11. The van der Waals surface area contributed by atoms with Gasteiger partial charge in [0.05, 0.1) is 18.8 Å². The van der Waals surface area contributed by atoms with Crippen LogP contribution < -0.4 is 5.32 Å². The third kappa shape index (κ3) is 5.11. The van der Waals surface area contributed by atoms with Crippen molar-refractivity contribution in [1.82, 2.24) is 14.8 Å². The molecule has 1 saturated heterocycles. The number of nitrogens with zero attached hydrogens (tertiary/aromatic N) is 4. The third-order valence-electron chi connectivity index (χ3n) is 5.84. The van der Waals surface area contributed by atoms with Crippen LogP contribution in [-0.4, -0.2) is 60.7 Å². The number of nitrogens with one attached hydrogen (secondary N) is 1. The molecule has 0 unspecified atom stereocenters. The molecule has 0 spiro atoms. The Balaban J connectivity index is 1.42. The molecule has 0 radical (unpaired) electrons. The molecule has 2 aliphatic rings. The van der Waals surface area contributed by atoms with Gasteiger partial charge in [-0.25, -0.2) is 4.98 Å². The highest BCUT2D eigenvalue weighted by Gasteiger charge is 2.25. The second-order valence-corrected chi connectivity index (χ2v) is 8.23. The first-order chi connectivity index (χ1) is 14.7. The molecule has 0 aliphatic carbocycles. The number of anilines is 1. The summed E-state index contributed by atoms with van der Waals surface area (Å²) in [6.07, 6.45) is 1.90. The number of hydrogen-bond donors (Lipinski definition) is 1. The van der Waals surface area contributed by atoms with Gasteiger partial charge in [0, 0.05) is 44.8 Å². The van der Waals surface area contributed by atoms with Crippen LogP contribution in [0.4, 0.5) is 5.82 Å². The van der Waals surface area contributed by atoms with Gasteiger partial charge in [-0.1, -0.05) is 41.9 Å². The Morgan fingerprint density at radius 3 is 2.67 bits per heavy atom. The van der Waals surface area contributed by atoms with Crippen LogP contribution in [0.5, 0.6) is 0 Å². The predicted molar refractivity (Wildman–Crippen MR) is 119 cm³/mol. The van der Waals surface area contributed by atoms with Crippen molar-refractivity contribution in [2.24, 2.45) is 0 Å². The molecular weight excluding hydrogens is 398 g/mol. The first kappa shape index (κ1) is 21.1. The normalized spacial score (nSPS) is 17.3. The van der Waals surface area contributed by atoms with Crippen LogP contribution in [0, 0.1) is 11.3 Å². The molecule has 2 aliphatic heterocycles. The summed E-state index contributed by atoms with van der Waals surface area (Å²) in [7, 11) is 0. The van der Waals surface area contributed by atoms with E-state index in [1.165, 1.54) is 5.56 Å². The molecule has 0 atom stereocenters. The minimum atomic E-state index is 0.300. The smallest absolute Gasteiger partial charge is 0.149 e. The number of fused-ring (bicyclic) bond motifs is 1. The Hall–Kier alpha value is -2.17. The fourth-order valence-electron chi connectivity index (χ4n) is 4.23. The van der Waals surface area contributed by atoms with E-state index >= 15 is 0 Å². The summed E-state index contributed by atoms with van der Waals surface area (Å²) in [4.78, 5) is 9.33. The number of pyridine rings is 1. The van der Waals surface area contributed by atoms with Gasteiger partial charge in [-0.15, -0.1) is 0 Å². The molecule has 2 aromatic rings. The zero-order valence-electron chi connectivity index (χ0n) is 17.2. The van der Waals surface area contributed by atoms with Crippen LogP contribution in [0.1, 0.15) is 28.7 Å². The van der Waals surface area contributed by atoms with Crippen molar-refractivity contribution in [3.05, 3.63) is 57.7 Å². The van der Waals surface area contributed by atoms with E-state index in [0.29, 0.717) is 10.7 Å². The van der Waals surface area contributed by atoms with Crippen LogP contribution in [0.15, 0.2) is 30.3 Å². The average molecular weight is 426 g/mol. The molecule has 7 heteroatoms. The molecule has 1 aromatic heterocycles. The van der Waals surface area contributed by atoms with Crippen molar-refractivity contribution >= 4 is 17.4 Å². The van der Waals surface area contributed by atoms with Gasteiger partial charge in [0.25, 0.3) is 0 Å². The average Bonchev–Trinajstić information content (AvgIpc) is 2.78. The minimum absolute atomic E-state index is 0.300. The van der Waals surface area contributed by atoms with Crippen LogP contribution in [0.3, 0.4) is 0 Å². The van der Waals surface area contributed by atoms with Gasteiger partial charge in [0.1, 0.15) is 17.0 Å².